The summed E-state index contributed by atoms with van der Waals surface area (Å²) in [5, 5.41) is 9.54. The molecule has 0 aliphatic rings. The number of amides is 1. The molecule has 3 rings (SSSR count). The lowest BCUT2D eigenvalue weighted by atomic mass is 10.2. The summed E-state index contributed by atoms with van der Waals surface area (Å²) in [6.45, 7) is 0.0197. The Morgan fingerprint density at radius 2 is 2.04 bits per heavy atom. The van der Waals surface area contributed by atoms with Gasteiger partial charge in [0.1, 0.15) is 11.6 Å². The third kappa shape index (κ3) is 3.79. The maximum atomic E-state index is 13.6. The second kappa shape index (κ2) is 7.32. The third-order valence-corrected chi connectivity index (χ3v) is 6.32. The van der Waals surface area contributed by atoms with E-state index in [4.69, 9.17) is 4.42 Å². The summed E-state index contributed by atoms with van der Waals surface area (Å²) < 4.78 is 44.5. The lowest BCUT2D eigenvalue weighted by molar-refractivity contribution is 0.102. The smallest absolute Gasteiger partial charge is 0.272 e. The molecule has 0 atom stereocenters. The molecule has 2 aromatic heterocycles. The molecule has 11 heteroatoms. The molecule has 0 saturated heterocycles. The van der Waals surface area contributed by atoms with Crippen molar-refractivity contribution in [2.75, 3.05) is 12.4 Å². The van der Waals surface area contributed by atoms with Gasteiger partial charge in [-0.2, -0.15) is 4.31 Å². The molecular weight excluding hydrogens is 383 g/mol. The molecule has 1 N–H and O–H groups in total. The van der Waals surface area contributed by atoms with Gasteiger partial charge in [0, 0.05) is 7.05 Å². The number of benzene rings is 1. The minimum atomic E-state index is -3.91. The third-order valence-electron chi connectivity index (χ3n) is 3.33. The molecule has 1 aromatic carbocycles. The lowest BCUT2D eigenvalue weighted by Crippen LogP contribution is -2.26. The number of nitrogens with one attached hydrogen (secondary N) is 1. The number of carbonyl (C=O) groups is 1. The molecule has 0 bridgehead atoms. The first kappa shape index (κ1) is 18.2. The van der Waals surface area contributed by atoms with Crippen LogP contribution < -0.4 is 5.32 Å². The van der Waals surface area contributed by atoms with E-state index in [2.05, 4.69) is 15.5 Å². The second-order valence-corrected chi connectivity index (χ2v) is 8.34. The van der Waals surface area contributed by atoms with Crippen LogP contribution in [0.1, 0.15) is 16.1 Å². The fourth-order valence-electron chi connectivity index (χ4n) is 2.01. The van der Waals surface area contributed by atoms with Crippen LogP contribution >= 0.6 is 11.3 Å². The number of halogens is 1. The summed E-state index contributed by atoms with van der Waals surface area (Å²) in [4.78, 5) is 12.1. The van der Waals surface area contributed by atoms with Gasteiger partial charge in [-0.05, 0) is 24.3 Å². The van der Waals surface area contributed by atoms with Gasteiger partial charge in [-0.3, -0.25) is 10.1 Å². The fraction of sp³-hybridized carbons (Fsp3) is 0.133. The van der Waals surface area contributed by atoms with E-state index in [0.717, 1.165) is 10.4 Å². The summed E-state index contributed by atoms with van der Waals surface area (Å²) in [6, 6.07) is 8.71. The van der Waals surface area contributed by atoms with Crippen LogP contribution in [0.5, 0.6) is 0 Å². The van der Waals surface area contributed by atoms with Gasteiger partial charge in [-0.1, -0.05) is 23.5 Å². The van der Waals surface area contributed by atoms with E-state index in [1.54, 1.807) is 12.1 Å². The Bertz CT molecular complexity index is 1020. The van der Waals surface area contributed by atoms with Crippen molar-refractivity contribution in [3.8, 4) is 0 Å². The van der Waals surface area contributed by atoms with Gasteiger partial charge in [0.2, 0.25) is 9.47 Å². The first-order valence-electron chi connectivity index (χ1n) is 7.26. The molecule has 0 unspecified atom stereocenters. The SMILES string of the molecule is CN(Cc1ccco1)S(=O)(=O)c1nnc(NC(=O)c2ccccc2F)s1. The van der Waals surface area contributed by atoms with Crippen LogP contribution in [0.4, 0.5) is 9.52 Å². The van der Waals surface area contributed by atoms with Gasteiger partial charge in [-0.25, -0.2) is 12.8 Å². The Morgan fingerprint density at radius 3 is 2.73 bits per heavy atom. The highest BCUT2D eigenvalue weighted by Crippen LogP contribution is 2.24. The molecule has 3 aromatic rings. The molecule has 2 heterocycles. The van der Waals surface area contributed by atoms with Crippen molar-refractivity contribution in [3.05, 3.63) is 59.8 Å². The number of aromatic nitrogens is 2. The van der Waals surface area contributed by atoms with Crippen molar-refractivity contribution < 1.29 is 22.0 Å². The van der Waals surface area contributed by atoms with Crippen molar-refractivity contribution >= 4 is 32.4 Å². The van der Waals surface area contributed by atoms with Crippen LogP contribution in [-0.2, 0) is 16.6 Å². The van der Waals surface area contributed by atoms with Crippen molar-refractivity contribution in [2.45, 2.75) is 10.9 Å². The number of anilines is 1. The van der Waals surface area contributed by atoms with E-state index in [1.807, 2.05) is 0 Å². The van der Waals surface area contributed by atoms with Crippen LogP contribution in [0.2, 0.25) is 0 Å². The van der Waals surface area contributed by atoms with Crippen LogP contribution in [0.25, 0.3) is 0 Å². The van der Waals surface area contributed by atoms with Crippen molar-refractivity contribution in [3.63, 3.8) is 0 Å². The summed E-state index contributed by atoms with van der Waals surface area (Å²) in [7, 11) is -2.54. The van der Waals surface area contributed by atoms with Crippen LogP contribution in [0, 0.1) is 5.82 Å². The molecule has 0 spiro atoms. The molecule has 8 nitrogen and oxygen atoms in total. The van der Waals surface area contributed by atoms with Crippen molar-refractivity contribution in [1.82, 2.24) is 14.5 Å². The average molecular weight is 396 g/mol. The Kier molecular flexibility index (Phi) is 5.11. The van der Waals surface area contributed by atoms with E-state index in [-0.39, 0.29) is 21.6 Å². The monoisotopic (exact) mass is 396 g/mol. The van der Waals surface area contributed by atoms with Crippen molar-refractivity contribution in [1.29, 1.82) is 0 Å². The number of furan rings is 1. The number of carbonyl (C=O) groups excluding carboxylic acids is 1. The minimum absolute atomic E-state index is 0.0197. The summed E-state index contributed by atoms with van der Waals surface area (Å²) in [5.41, 5.74) is -0.179. The molecule has 136 valence electrons. The van der Waals surface area contributed by atoms with Crippen LogP contribution in [-0.4, -0.2) is 35.9 Å². The van der Waals surface area contributed by atoms with E-state index in [0.29, 0.717) is 17.1 Å². The Morgan fingerprint density at radius 1 is 1.27 bits per heavy atom. The molecular formula is C15H13FN4O4S2. The first-order chi connectivity index (χ1) is 12.4. The number of sulfonamides is 1. The number of rotatable bonds is 6. The van der Waals surface area contributed by atoms with Crippen LogP contribution in [0.3, 0.4) is 0 Å². The quantitative estimate of drug-likeness (QED) is 0.641. The zero-order valence-electron chi connectivity index (χ0n) is 13.4. The standard InChI is InChI=1S/C15H13FN4O4S2/c1-20(9-10-5-4-8-24-10)26(22,23)15-19-18-14(25-15)17-13(21)11-6-2-3-7-12(11)16/h2-8H,9H2,1H3,(H,17,18,21). The molecule has 0 saturated carbocycles. The second-order valence-electron chi connectivity index (χ2n) is 5.15. The van der Waals surface area contributed by atoms with Gasteiger partial charge in [-0.15, -0.1) is 10.2 Å². The van der Waals surface area contributed by atoms with Gasteiger partial charge < -0.3 is 4.42 Å². The van der Waals surface area contributed by atoms with Crippen molar-refractivity contribution in [2.24, 2.45) is 0 Å². The molecule has 0 radical (unpaired) electrons. The van der Waals surface area contributed by atoms with Gasteiger partial charge >= 0.3 is 0 Å². The Hall–Kier alpha value is -2.63. The number of hydrogen-bond donors (Lipinski definition) is 1. The highest BCUT2D eigenvalue weighted by Gasteiger charge is 2.27. The molecule has 0 aliphatic heterocycles. The largest absolute Gasteiger partial charge is 0.468 e. The summed E-state index contributed by atoms with van der Waals surface area (Å²) in [5.74, 6) is -0.971. The summed E-state index contributed by atoms with van der Waals surface area (Å²) in [6.07, 6.45) is 1.44. The minimum Gasteiger partial charge on any atom is -0.468 e. The molecule has 0 fully saturated rings. The zero-order chi connectivity index (χ0) is 18.7. The molecule has 0 aliphatic carbocycles. The maximum Gasteiger partial charge on any atom is 0.272 e. The van der Waals surface area contributed by atoms with Gasteiger partial charge in [0.15, 0.2) is 0 Å². The topological polar surface area (TPSA) is 105 Å². The molecule has 26 heavy (non-hydrogen) atoms. The van der Waals surface area contributed by atoms with E-state index >= 15 is 0 Å². The zero-order valence-corrected chi connectivity index (χ0v) is 15.1. The van der Waals surface area contributed by atoms with Gasteiger partial charge in [0.25, 0.3) is 15.9 Å². The highest BCUT2D eigenvalue weighted by molar-refractivity contribution is 7.91. The normalized spacial score (nSPS) is 11.7. The molecule has 1 amide bonds. The van der Waals surface area contributed by atoms with E-state index in [1.165, 1.54) is 31.5 Å². The maximum absolute atomic E-state index is 13.6. The first-order valence-corrected chi connectivity index (χ1v) is 9.51. The lowest BCUT2D eigenvalue weighted by Gasteiger charge is -2.12. The highest BCUT2D eigenvalue weighted by atomic mass is 32.2. The van der Waals surface area contributed by atoms with Gasteiger partial charge in [0.05, 0.1) is 18.4 Å². The predicted molar refractivity (Wildman–Crippen MR) is 91.6 cm³/mol. The predicted octanol–water partition coefficient (Wildman–Crippen LogP) is 2.34. The van der Waals surface area contributed by atoms with E-state index < -0.39 is 21.7 Å². The number of hydrogen-bond acceptors (Lipinski definition) is 7. The van der Waals surface area contributed by atoms with E-state index in [9.17, 15) is 17.6 Å². The Balaban J connectivity index is 1.74. The number of nitrogens with zero attached hydrogens (tertiary/aromatic N) is 3. The Labute approximate surface area is 152 Å². The summed E-state index contributed by atoms with van der Waals surface area (Å²) >= 11 is 0.673. The average Bonchev–Trinajstić information content (AvgIpc) is 3.27. The fourth-order valence-corrected chi connectivity index (χ4v) is 4.23. The van der Waals surface area contributed by atoms with Crippen LogP contribution in [0.15, 0.2) is 51.4 Å².